The normalized spacial score (nSPS) is 54.8. The van der Waals surface area contributed by atoms with Gasteiger partial charge in [0.2, 0.25) is 6.29 Å². The molecule has 0 aromatic heterocycles. The van der Waals surface area contributed by atoms with E-state index in [1.807, 2.05) is 6.92 Å². The first-order valence-corrected chi connectivity index (χ1v) is 24.3. The first-order valence-electron chi connectivity index (χ1n) is 24.3. The van der Waals surface area contributed by atoms with E-state index in [0.29, 0.717) is 25.2 Å². The maximum absolute atomic E-state index is 15.0. The maximum Gasteiger partial charge on any atom is 0.315 e. The van der Waals surface area contributed by atoms with Gasteiger partial charge in [-0.15, -0.1) is 0 Å². The highest BCUT2D eigenvalue weighted by Crippen LogP contribution is 2.76. The van der Waals surface area contributed by atoms with Crippen LogP contribution >= 0.6 is 0 Å². The van der Waals surface area contributed by atoms with Crippen molar-refractivity contribution in [3.8, 4) is 0 Å². The average Bonchev–Trinajstić information content (AvgIpc) is 3.27. The molecular weight excluding hydrogens is 865 g/mol. The van der Waals surface area contributed by atoms with E-state index < -0.39 is 128 Å². The van der Waals surface area contributed by atoms with Gasteiger partial charge in [0.1, 0.15) is 67.1 Å². The van der Waals surface area contributed by atoms with Crippen molar-refractivity contribution in [2.75, 3.05) is 19.8 Å². The molecule has 0 unspecified atom stereocenters. The van der Waals surface area contributed by atoms with E-state index >= 15 is 0 Å². The Labute approximate surface area is 387 Å². The van der Waals surface area contributed by atoms with Crippen LogP contribution in [0.4, 0.5) is 0 Å². The average molecular weight is 943 g/mol. The molecule has 3 aliphatic heterocycles. The minimum Gasteiger partial charge on any atom is -0.432 e. The molecular formula is C48H78O18. The summed E-state index contributed by atoms with van der Waals surface area (Å²) < 4.78 is 34.7. The number of hydrogen-bond donors (Lipinski definition) is 11. The Balaban J connectivity index is 0.976. The molecule has 3 heterocycles. The molecule has 0 amide bonds. The molecule has 0 aromatic carbocycles. The van der Waals surface area contributed by atoms with Crippen LogP contribution in [-0.2, 0) is 33.2 Å². The van der Waals surface area contributed by atoms with E-state index in [9.17, 15) is 61.0 Å². The smallest absolute Gasteiger partial charge is 0.315 e. The molecule has 3 saturated heterocycles. The van der Waals surface area contributed by atoms with Gasteiger partial charge in [-0.1, -0.05) is 53.2 Å². The Kier molecular flexibility index (Phi) is 13.9. The van der Waals surface area contributed by atoms with Gasteiger partial charge >= 0.3 is 5.97 Å². The van der Waals surface area contributed by atoms with Crippen LogP contribution in [0, 0.1) is 50.2 Å². The number of ether oxygens (including phenoxy) is 6. The fourth-order valence-electron chi connectivity index (χ4n) is 14.8. The van der Waals surface area contributed by atoms with Crippen molar-refractivity contribution in [2.24, 2.45) is 50.2 Å². The maximum atomic E-state index is 15.0. The van der Waals surface area contributed by atoms with Gasteiger partial charge in [-0.05, 0) is 111 Å². The van der Waals surface area contributed by atoms with Crippen LogP contribution in [0.3, 0.4) is 0 Å². The Morgan fingerprint density at radius 3 is 2.00 bits per heavy atom. The molecule has 18 nitrogen and oxygen atoms in total. The SMILES string of the molecule is C[C@@H]1O[C@@H](O[C@H]2[C@H](O)[C@@H](O)[C@H](OC[C@H]3O[C@@H](OC(=O)[C@]45CCC(C)(C)C[C@H]4C4=CC[C@H]6[C@@]7(C)CC[C@H](O)[C@@](C)(CO)[C@@H]7CC[C@@]6(C)[C@]4(C)CC5)[C@H](O)[C@@H](O)[C@@H]3O)O[C@@H]2CO)[C@H](O)[C@H](O)[C@H]1O. The van der Waals surface area contributed by atoms with Gasteiger partial charge in [-0.25, -0.2) is 0 Å². The van der Waals surface area contributed by atoms with Gasteiger partial charge in [0, 0.05) is 5.41 Å². The molecule has 66 heavy (non-hydrogen) atoms. The van der Waals surface area contributed by atoms with E-state index in [-0.39, 0.29) is 40.1 Å². The molecule has 4 saturated carbocycles. The molecule has 0 aromatic rings. The Hall–Kier alpha value is -1.43. The van der Waals surface area contributed by atoms with Crippen LogP contribution in [0.15, 0.2) is 11.6 Å². The molecule has 0 spiro atoms. The van der Waals surface area contributed by atoms with Gasteiger partial charge in [-0.3, -0.25) is 4.79 Å². The molecule has 8 rings (SSSR count). The minimum atomic E-state index is -1.85. The largest absolute Gasteiger partial charge is 0.432 e. The summed E-state index contributed by atoms with van der Waals surface area (Å²) in [5, 5.41) is 118. The van der Waals surface area contributed by atoms with Crippen molar-refractivity contribution in [3.05, 3.63) is 11.6 Å². The lowest BCUT2D eigenvalue weighted by Crippen LogP contribution is -2.66. The van der Waals surface area contributed by atoms with Crippen molar-refractivity contribution < 1.29 is 89.4 Å². The summed E-state index contributed by atoms with van der Waals surface area (Å²) in [5.74, 6) is -0.273. The third-order valence-corrected chi connectivity index (χ3v) is 19.4. The van der Waals surface area contributed by atoms with Crippen LogP contribution in [0.1, 0.15) is 113 Å². The Bertz CT molecular complexity index is 1800. The summed E-state index contributed by atoms with van der Waals surface area (Å²) in [6.07, 6.45) is -14.9. The second-order valence-corrected chi connectivity index (χ2v) is 23.3. The first-order chi connectivity index (χ1) is 30.8. The number of esters is 1. The molecule has 7 fully saturated rings. The molecule has 24 atom stereocenters. The first kappa shape index (κ1) is 50.9. The van der Waals surface area contributed by atoms with Crippen molar-refractivity contribution in [1.82, 2.24) is 0 Å². The van der Waals surface area contributed by atoms with Crippen LogP contribution in [0.25, 0.3) is 0 Å². The predicted octanol–water partition coefficient (Wildman–Crippen LogP) is 0.141. The van der Waals surface area contributed by atoms with Gasteiger partial charge < -0.3 is 84.6 Å². The zero-order chi connectivity index (χ0) is 48.3. The standard InChI is InChI=1S/C48H78O18/c1-22-30(52)32(54)35(57)40(62-22)65-38-25(19-49)63-39(37(59)34(38)56)61-20-26-31(53)33(55)36(58)41(64-26)66-42(60)48-16-14-43(2,3)18-24(48)23-8-9-28-44(4)12-11-29(51)45(5,21-50)27(44)10-13-47(28,7)46(23,6)15-17-48/h8,22,24-41,49-59H,9-21H2,1-7H3/t22-,24-,25+,26+,27+,28-,29-,30-,31+,32+,33-,34+,35+,36+,37+,38+,39+,40-,41-,44-,45-,46+,47+,48-/m0/s1. The second-order valence-electron chi connectivity index (χ2n) is 23.3. The quantitative estimate of drug-likeness (QED) is 0.108. The number of aliphatic hydroxyl groups is 11. The number of carbonyl (C=O) groups is 1. The Morgan fingerprint density at radius 2 is 1.32 bits per heavy atom. The van der Waals surface area contributed by atoms with Gasteiger partial charge in [0.25, 0.3) is 0 Å². The second kappa shape index (κ2) is 18.0. The van der Waals surface area contributed by atoms with E-state index in [1.54, 1.807) is 0 Å². The van der Waals surface area contributed by atoms with E-state index in [2.05, 4.69) is 40.7 Å². The summed E-state index contributed by atoms with van der Waals surface area (Å²) in [5.41, 5.74) is -0.838. The minimum absolute atomic E-state index is 0.0599. The molecule has 11 N–H and O–H groups in total. The number of carbonyl (C=O) groups excluding carboxylic acids is 1. The predicted molar refractivity (Wildman–Crippen MR) is 230 cm³/mol. The van der Waals surface area contributed by atoms with E-state index in [1.165, 1.54) is 12.5 Å². The van der Waals surface area contributed by atoms with Gasteiger partial charge in [-0.2, -0.15) is 0 Å². The molecule has 0 bridgehead atoms. The van der Waals surface area contributed by atoms with E-state index in [0.717, 1.165) is 44.9 Å². The number of aliphatic hydroxyl groups excluding tert-OH is 11. The fourth-order valence-corrected chi connectivity index (χ4v) is 14.8. The van der Waals surface area contributed by atoms with Crippen LogP contribution in [0.5, 0.6) is 0 Å². The van der Waals surface area contributed by atoms with Crippen LogP contribution < -0.4 is 0 Å². The third kappa shape index (κ3) is 7.87. The zero-order valence-corrected chi connectivity index (χ0v) is 39.5. The monoisotopic (exact) mass is 943 g/mol. The van der Waals surface area contributed by atoms with Crippen molar-refractivity contribution >= 4 is 5.97 Å². The van der Waals surface area contributed by atoms with Crippen molar-refractivity contribution in [3.63, 3.8) is 0 Å². The van der Waals surface area contributed by atoms with Crippen molar-refractivity contribution in [2.45, 2.75) is 211 Å². The summed E-state index contributed by atoms with van der Waals surface area (Å²) in [4.78, 5) is 15.0. The highest BCUT2D eigenvalue weighted by molar-refractivity contribution is 5.79. The summed E-state index contributed by atoms with van der Waals surface area (Å²) >= 11 is 0. The fraction of sp³-hybridized carbons (Fsp3) is 0.938. The number of rotatable bonds is 9. The van der Waals surface area contributed by atoms with Crippen molar-refractivity contribution in [1.29, 1.82) is 0 Å². The molecule has 378 valence electrons. The summed E-state index contributed by atoms with van der Waals surface area (Å²) in [6, 6.07) is 0. The third-order valence-electron chi connectivity index (χ3n) is 19.4. The van der Waals surface area contributed by atoms with E-state index in [4.69, 9.17) is 28.4 Å². The molecule has 18 heteroatoms. The molecule has 0 radical (unpaired) electrons. The zero-order valence-electron chi connectivity index (χ0n) is 39.5. The van der Waals surface area contributed by atoms with Crippen LogP contribution in [0.2, 0.25) is 0 Å². The number of hydrogen-bond acceptors (Lipinski definition) is 18. The molecule has 8 aliphatic rings. The lowest BCUT2D eigenvalue weighted by molar-refractivity contribution is -0.361. The highest BCUT2D eigenvalue weighted by Gasteiger charge is 2.70. The lowest BCUT2D eigenvalue weighted by atomic mass is 9.33. The highest BCUT2D eigenvalue weighted by atomic mass is 16.8. The summed E-state index contributed by atoms with van der Waals surface area (Å²) in [6.45, 7) is 13.7. The Morgan fingerprint density at radius 1 is 0.682 bits per heavy atom. The van der Waals surface area contributed by atoms with Crippen LogP contribution in [-0.4, -0.2) is 180 Å². The van der Waals surface area contributed by atoms with Gasteiger partial charge in [0.15, 0.2) is 12.6 Å². The number of fused-ring (bicyclic) bond motifs is 7. The lowest BCUT2D eigenvalue weighted by Gasteiger charge is -2.71. The summed E-state index contributed by atoms with van der Waals surface area (Å²) in [7, 11) is 0. The number of allylic oxidation sites excluding steroid dienone is 2. The van der Waals surface area contributed by atoms with Gasteiger partial charge in [0.05, 0.1) is 37.4 Å². The topological polar surface area (TPSA) is 295 Å². The molecule has 5 aliphatic carbocycles.